The van der Waals surface area contributed by atoms with Gasteiger partial charge >= 0.3 is 0 Å². The quantitative estimate of drug-likeness (QED) is 0.135. The molecule has 0 aliphatic carbocycles. The van der Waals surface area contributed by atoms with Crippen LogP contribution in [-0.2, 0) is 37.4 Å². The second kappa shape index (κ2) is 24.0. The largest absolute Gasteiger partial charge is 0.455 e. The molecular weight excluding hydrogens is 1110 g/mol. The molecule has 385 valence electrons. The molecule has 75 heavy (non-hydrogen) atoms. The van der Waals surface area contributed by atoms with Crippen molar-refractivity contribution in [3.8, 4) is 44.9 Å². The van der Waals surface area contributed by atoms with E-state index in [1.807, 2.05) is 36.7 Å². The summed E-state index contributed by atoms with van der Waals surface area (Å²) in [7, 11) is -1.33. The molecule has 0 N–H and O–H groups in total. The van der Waals surface area contributed by atoms with Gasteiger partial charge in [-0.2, -0.15) is 0 Å². The predicted octanol–water partition coefficient (Wildman–Crippen LogP) is 18.8. The van der Waals surface area contributed by atoms with Crippen LogP contribution in [0.25, 0.3) is 66.8 Å². The Morgan fingerprint density at radius 3 is 1.64 bits per heavy atom. The third kappa shape index (κ3) is 13.7. The molecule has 0 amide bonds. The van der Waals surface area contributed by atoms with Crippen molar-refractivity contribution >= 4 is 35.2 Å². The second-order valence-electron chi connectivity index (χ2n) is 23.1. The normalized spacial score (nSPS) is 12.1. The maximum Gasteiger partial charge on any atom is 0.144 e. The first kappa shape index (κ1) is 56.2. The summed E-state index contributed by atoms with van der Waals surface area (Å²) in [5.41, 5.74) is 18.8. The van der Waals surface area contributed by atoms with Crippen molar-refractivity contribution in [3.05, 3.63) is 228 Å². The molecule has 0 spiro atoms. The SMILES string of the molecule is CC(C)c1cc(-c2ccccc2)ncc1[Si](C)(C)C.CC(c1ccccc1)c1ccnc(-c2cccc3c2oc2cc(-c4cc(C(C)(C)C)cc(C(C)(C)C)c4)ccc23)c1.CCc1ccnc(-c2ccccc2)c1.[Ir]. The topological polar surface area (TPSA) is 51.8 Å². The minimum absolute atomic E-state index is 0. The molecule has 1 unspecified atom stereocenters. The predicted molar refractivity (Wildman–Crippen MR) is 320 cm³/mol. The van der Waals surface area contributed by atoms with E-state index in [1.54, 1.807) is 0 Å². The summed E-state index contributed by atoms with van der Waals surface area (Å²) in [5.74, 6) is 0.824. The number of para-hydroxylation sites is 1. The molecule has 6 heteroatoms. The van der Waals surface area contributed by atoms with Gasteiger partial charge in [-0.3, -0.25) is 15.0 Å². The third-order valence-corrected chi connectivity index (χ3v) is 16.1. The van der Waals surface area contributed by atoms with Crippen molar-refractivity contribution in [2.45, 2.75) is 118 Å². The minimum Gasteiger partial charge on any atom is -0.455 e. The number of aryl methyl sites for hydroxylation is 1. The van der Waals surface area contributed by atoms with Gasteiger partial charge in [0.2, 0.25) is 0 Å². The maximum atomic E-state index is 6.64. The van der Waals surface area contributed by atoms with Gasteiger partial charge in [-0.25, -0.2) is 0 Å². The van der Waals surface area contributed by atoms with Crippen LogP contribution in [0.15, 0.2) is 199 Å². The van der Waals surface area contributed by atoms with Gasteiger partial charge in [-0.1, -0.05) is 216 Å². The van der Waals surface area contributed by atoms with Crippen LogP contribution in [0.2, 0.25) is 19.6 Å². The number of hydrogen-bond donors (Lipinski definition) is 0. The van der Waals surface area contributed by atoms with Crippen LogP contribution >= 0.6 is 0 Å². The van der Waals surface area contributed by atoms with Crippen molar-refractivity contribution < 1.29 is 24.5 Å². The first-order chi connectivity index (χ1) is 35.3. The number of aromatic nitrogens is 3. The first-order valence-corrected chi connectivity index (χ1v) is 30.0. The molecule has 1 radical (unpaired) electrons. The molecule has 4 nitrogen and oxygen atoms in total. The smallest absolute Gasteiger partial charge is 0.144 e. The van der Waals surface area contributed by atoms with Gasteiger partial charge in [0.15, 0.2) is 0 Å². The Labute approximate surface area is 462 Å². The average Bonchev–Trinajstić information content (AvgIpc) is 3.79. The van der Waals surface area contributed by atoms with Gasteiger partial charge in [0, 0.05) is 72.1 Å². The summed E-state index contributed by atoms with van der Waals surface area (Å²) in [6, 6.07) is 62.2. The van der Waals surface area contributed by atoms with E-state index in [2.05, 4.69) is 252 Å². The molecule has 4 aromatic heterocycles. The number of benzene rings is 6. The molecule has 6 aromatic carbocycles. The monoisotopic (exact) mass is 1180 g/mol. The molecule has 0 saturated heterocycles. The van der Waals surface area contributed by atoms with Crippen molar-refractivity contribution in [2.24, 2.45) is 0 Å². The van der Waals surface area contributed by atoms with Crippen molar-refractivity contribution in [1.29, 1.82) is 0 Å². The summed E-state index contributed by atoms with van der Waals surface area (Å²) in [5, 5.41) is 3.73. The van der Waals surface area contributed by atoms with Crippen LogP contribution in [0, 0.1) is 0 Å². The molecule has 10 rings (SSSR count). The first-order valence-electron chi connectivity index (χ1n) is 26.5. The van der Waals surface area contributed by atoms with E-state index in [4.69, 9.17) is 14.4 Å². The zero-order valence-electron chi connectivity index (χ0n) is 46.4. The number of fused-ring (bicyclic) bond motifs is 3. The van der Waals surface area contributed by atoms with Crippen LogP contribution in [0.1, 0.15) is 114 Å². The fourth-order valence-corrected chi connectivity index (χ4v) is 11.1. The summed E-state index contributed by atoms with van der Waals surface area (Å²) in [6.45, 7) is 29.8. The van der Waals surface area contributed by atoms with Gasteiger partial charge < -0.3 is 4.42 Å². The fourth-order valence-electron chi connectivity index (χ4n) is 9.44. The second-order valence-corrected chi connectivity index (χ2v) is 28.1. The molecule has 0 aliphatic rings. The van der Waals surface area contributed by atoms with Crippen LogP contribution in [0.3, 0.4) is 0 Å². The molecule has 0 fully saturated rings. The van der Waals surface area contributed by atoms with Gasteiger partial charge in [0.1, 0.15) is 11.2 Å². The summed E-state index contributed by atoms with van der Waals surface area (Å²) < 4.78 is 6.64. The van der Waals surface area contributed by atoms with E-state index in [-0.39, 0.29) is 36.9 Å². The average molecular weight is 1180 g/mol. The Morgan fingerprint density at radius 1 is 0.493 bits per heavy atom. The zero-order chi connectivity index (χ0) is 52.8. The Hall–Kier alpha value is -6.56. The number of pyridine rings is 3. The third-order valence-electron chi connectivity index (χ3n) is 14.1. The number of furan rings is 1. The van der Waals surface area contributed by atoms with E-state index in [0.717, 1.165) is 51.0 Å². The molecule has 4 heterocycles. The Bertz CT molecular complexity index is 3440. The van der Waals surface area contributed by atoms with Crippen LogP contribution in [0.5, 0.6) is 0 Å². The molecule has 0 aliphatic heterocycles. The van der Waals surface area contributed by atoms with Crippen LogP contribution in [-0.4, -0.2) is 23.0 Å². The number of hydrogen-bond acceptors (Lipinski definition) is 4. The Morgan fingerprint density at radius 2 is 1.07 bits per heavy atom. The van der Waals surface area contributed by atoms with E-state index in [0.29, 0.717) is 5.92 Å². The Kier molecular flexibility index (Phi) is 18.0. The summed E-state index contributed by atoms with van der Waals surface area (Å²) in [6.07, 6.45) is 6.96. The van der Waals surface area contributed by atoms with Crippen molar-refractivity contribution in [1.82, 2.24) is 15.0 Å². The van der Waals surface area contributed by atoms with Crippen LogP contribution in [0.4, 0.5) is 0 Å². The van der Waals surface area contributed by atoms with E-state index in [1.165, 1.54) is 60.8 Å². The van der Waals surface area contributed by atoms with Gasteiger partial charge in [0.25, 0.3) is 0 Å². The summed E-state index contributed by atoms with van der Waals surface area (Å²) >= 11 is 0. The van der Waals surface area contributed by atoms with Crippen molar-refractivity contribution in [2.75, 3.05) is 0 Å². The molecule has 0 saturated carbocycles. The zero-order valence-corrected chi connectivity index (χ0v) is 49.8. The van der Waals surface area contributed by atoms with E-state index < -0.39 is 8.07 Å². The van der Waals surface area contributed by atoms with Gasteiger partial charge in [-0.05, 0) is 121 Å². The minimum atomic E-state index is -1.33. The maximum absolute atomic E-state index is 6.64. The number of rotatable bonds is 9. The molecule has 1 atom stereocenters. The molecule has 10 aromatic rings. The molecule has 0 bridgehead atoms. The summed E-state index contributed by atoms with van der Waals surface area (Å²) in [4.78, 5) is 13.8. The number of nitrogens with zero attached hydrogens (tertiary/aromatic N) is 3. The van der Waals surface area contributed by atoms with E-state index in [9.17, 15) is 0 Å². The standard InChI is InChI=1S/C39H39NO.C17H23NSi.C13H13N.Ir/c1-25(26-12-9-8-10-13-26)27-18-19-40-35(22-27)34-15-11-14-33-32-17-16-28(23-36(32)41-37(33)34)29-20-30(38(2,3)4)24-31(21-29)39(5,6)7;1-13(2)15-11-16(14-9-7-6-8-10-14)18-12-17(15)19(3,4)5;1-2-11-8-9-14-13(10-11)12-6-4-3-5-7-12;/h8-25H,1-7H3;6-13H,1-5H3;3-10H,2H2,1H3;. The Balaban J connectivity index is 0.000000198. The fraction of sp³-hybridized carbons (Fsp3) is 0.261. The van der Waals surface area contributed by atoms with Gasteiger partial charge in [-0.15, -0.1) is 0 Å². The van der Waals surface area contributed by atoms with Crippen LogP contribution < -0.4 is 5.19 Å². The van der Waals surface area contributed by atoms with E-state index >= 15 is 0 Å². The van der Waals surface area contributed by atoms with Crippen molar-refractivity contribution in [3.63, 3.8) is 0 Å². The van der Waals surface area contributed by atoms with Gasteiger partial charge in [0.05, 0.1) is 25.2 Å². The molecular formula is C69H75IrN3OSi.